The van der Waals surface area contributed by atoms with Crippen molar-refractivity contribution in [2.24, 2.45) is 0 Å². The first-order chi connectivity index (χ1) is 10.6. The van der Waals surface area contributed by atoms with Crippen molar-refractivity contribution in [3.63, 3.8) is 0 Å². The van der Waals surface area contributed by atoms with Crippen LogP contribution in [-0.2, 0) is 6.54 Å². The van der Waals surface area contributed by atoms with Crippen molar-refractivity contribution in [1.29, 1.82) is 0 Å². The van der Waals surface area contributed by atoms with Crippen molar-refractivity contribution in [2.45, 2.75) is 6.54 Å². The number of furan rings is 1. The Kier molecular flexibility index (Phi) is 4.18. The molecule has 0 aliphatic rings. The SMILES string of the molecule is O=C(Nc1ccnn1Cc1ccc(Cl)cc1Cl)c1ccco1. The minimum atomic E-state index is -0.339. The van der Waals surface area contributed by atoms with Crippen LogP contribution >= 0.6 is 23.2 Å². The smallest absolute Gasteiger partial charge is 0.292 e. The Morgan fingerprint density at radius 2 is 2.14 bits per heavy atom. The number of amides is 1. The van der Waals surface area contributed by atoms with Crippen LogP contribution in [0.1, 0.15) is 16.1 Å². The van der Waals surface area contributed by atoms with E-state index < -0.39 is 0 Å². The summed E-state index contributed by atoms with van der Waals surface area (Å²) in [6.45, 7) is 0.413. The molecule has 2 aromatic heterocycles. The summed E-state index contributed by atoms with van der Waals surface area (Å²) in [6, 6.07) is 10.2. The second-order valence-electron chi connectivity index (χ2n) is 4.54. The third-order valence-electron chi connectivity index (χ3n) is 3.04. The van der Waals surface area contributed by atoms with E-state index in [1.807, 2.05) is 6.07 Å². The van der Waals surface area contributed by atoms with Gasteiger partial charge in [0, 0.05) is 16.1 Å². The van der Waals surface area contributed by atoms with Gasteiger partial charge in [0.2, 0.25) is 0 Å². The molecule has 0 saturated carbocycles. The second-order valence-corrected chi connectivity index (χ2v) is 5.38. The first kappa shape index (κ1) is 14.7. The number of hydrogen-bond acceptors (Lipinski definition) is 3. The lowest BCUT2D eigenvalue weighted by atomic mass is 10.2. The highest BCUT2D eigenvalue weighted by Gasteiger charge is 2.12. The van der Waals surface area contributed by atoms with Crippen molar-refractivity contribution in [3.05, 3.63) is 70.2 Å². The summed E-state index contributed by atoms with van der Waals surface area (Å²) in [5.41, 5.74) is 0.850. The normalized spacial score (nSPS) is 10.6. The summed E-state index contributed by atoms with van der Waals surface area (Å²) in [5.74, 6) is 0.443. The van der Waals surface area contributed by atoms with Gasteiger partial charge in [0.1, 0.15) is 5.82 Å². The Bertz CT molecular complexity index is 797. The number of anilines is 1. The molecule has 1 aromatic carbocycles. The van der Waals surface area contributed by atoms with Gasteiger partial charge in [0.05, 0.1) is 19.0 Å². The fourth-order valence-corrected chi connectivity index (χ4v) is 2.43. The first-order valence-electron chi connectivity index (χ1n) is 6.44. The maximum atomic E-state index is 12.0. The number of benzene rings is 1. The van der Waals surface area contributed by atoms with Gasteiger partial charge in [0.25, 0.3) is 5.91 Å². The molecule has 0 unspecified atom stereocenters. The molecule has 3 rings (SSSR count). The lowest BCUT2D eigenvalue weighted by Gasteiger charge is -2.09. The average molecular weight is 336 g/mol. The molecule has 0 aliphatic carbocycles. The van der Waals surface area contributed by atoms with Gasteiger partial charge in [-0.25, -0.2) is 4.68 Å². The molecular weight excluding hydrogens is 325 g/mol. The van der Waals surface area contributed by atoms with E-state index in [4.69, 9.17) is 27.6 Å². The lowest BCUT2D eigenvalue weighted by Crippen LogP contribution is -2.15. The molecule has 1 amide bonds. The molecule has 3 aromatic rings. The number of nitrogens with one attached hydrogen (secondary N) is 1. The maximum Gasteiger partial charge on any atom is 0.292 e. The van der Waals surface area contributed by atoms with E-state index in [0.717, 1.165) is 5.56 Å². The van der Waals surface area contributed by atoms with Gasteiger partial charge >= 0.3 is 0 Å². The summed E-state index contributed by atoms with van der Waals surface area (Å²) in [6.07, 6.45) is 3.04. The Morgan fingerprint density at radius 1 is 1.27 bits per heavy atom. The lowest BCUT2D eigenvalue weighted by molar-refractivity contribution is 0.0995. The van der Waals surface area contributed by atoms with E-state index >= 15 is 0 Å². The first-order valence-corrected chi connectivity index (χ1v) is 7.19. The van der Waals surface area contributed by atoms with E-state index in [1.165, 1.54) is 6.26 Å². The van der Waals surface area contributed by atoms with E-state index in [2.05, 4.69) is 10.4 Å². The van der Waals surface area contributed by atoms with Crippen LogP contribution in [0.25, 0.3) is 0 Å². The highest BCUT2D eigenvalue weighted by atomic mass is 35.5. The van der Waals surface area contributed by atoms with Crippen LogP contribution in [0.2, 0.25) is 10.0 Å². The van der Waals surface area contributed by atoms with Crippen LogP contribution in [0.15, 0.2) is 53.3 Å². The fourth-order valence-electron chi connectivity index (χ4n) is 1.96. The monoisotopic (exact) mass is 335 g/mol. The number of hydrogen-bond donors (Lipinski definition) is 1. The Morgan fingerprint density at radius 3 is 2.86 bits per heavy atom. The van der Waals surface area contributed by atoms with Crippen LogP contribution in [0.5, 0.6) is 0 Å². The molecule has 0 radical (unpaired) electrons. The van der Waals surface area contributed by atoms with E-state index in [-0.39, 0.29) is 11.7 Å². The second kappa shape index (κ2) is 6.25. The summed E-state index contributed by atoms with van der Waals surface area (Å²) in [7, 11) is 0. The topological polar surface area (TPSA) is 60.1 Å². The molecule has 5 nitrogen and oxygen atoms in total. The summed E-state index contributed by atoms with van der Waals surface area (Å²) < 4.78 is 6.69. The molecule has 7 heteroatoms. The maximum absolute atomic E-state index is 12.0. The number of nitrogens with zero attached hydrogens (tertiary/aromatic N) is 2. The van der Waals surface area contributed by atoms with Crippen molar-refractivity contribution in [2.75, 3.05) is 5.32 Å². The number of rotatable bonds is 4. The number of carbonyl (C=O) groups excluding carboxylic acids is 1. The Hall–Kier alpha value is -2.24. The Labute approximate surface area is 136 Å². The molecular formula is C15H11Cl2N3O2. The number of halogens is 2. The van der Waals surface area contributed by atoms with E-state index in [1.54, 1.807) is 41.2 Å². The van der Waals surface area contributed by atoms with Crippen molar-refractivity contribution in [3.8, 4) is 0 Å². The van der Waals surface area contributed by atoms with Gasteiger partial charge in [-0.05, 0) is 29.8 Å². The van der Waals surface area contributed by atoms with Crippen LogP contribution in [0.4, 0.5) is 5.82 Å². The van der Waals surface area contributed by atoms with Gasteiger partial charge in [-0.1, -0.05) is 29.3 Å². The predicted molar refractivity (Wildman–Crippen MR) is 84.5 cm³/mol. The van der Waals surface area contributed by atoms with Crippen LogP contribution < -0.4 is 5.32 Å². The minimum Gasteiger partial charge on any atom is -0.459 e. The molecule has 1 N–H and O–H groups in total. The average Bonchev–Trinajstić information content (AvgIpc) is 3.14. The Balaban J connectivity index is 1.79. The number of aromatic nitrogens is 2. The van der Waals surface area contributed by atoms with Crippen molar-refractivity contribution >= 4 is 34.9 Å². The van der Waals surface area contributed by atoms with E-state index in [0.29, 0.717) is 22.4 Å². The molecule has 2 heterocycles. The molecule has 0 aliphatic heterocycles. The zero-order valence-electron chi connectivity index (χ0n) is 11.3. The zero-order valence-corrected chi connectivity index (χ0v) is 12.8. The van der Waals surface area contributed by atoms with E-state index in [9.17, 15) is 4.79 Å². The molecule has 112 valence electrons. The number of carbonyl (C=O) groups is 1. The summed E-state index contributed by atoms with van der Waals surface area (Å²) in [4.78, 5) is 12.0. The van der Waals surface area contributed by atoms with Crippen LogP contribution in [0.3, 0.4) is 0 Å². The van der Waals surface area contributed by atoms with Crippen molar-refractivity contribution in [1.82, 2.24) is 9.78 Å². The summed E-state index contributed by atoms with van der Waals surface area (Å²) in [5, 5.41) is 8.05. The van der Waals surface area contributed by atoms with Gasteiger partial charge in [-0.2, -0.15) is 5.10 Å². The third kappa shape index (κ3) is 3.16. The molecule has 0 atom stereocenters. The van der Waals surface area contributed by atoms with Crippen molar-refractivity contribution < 1.29 is 9.21 Å². The van der Waals surface area contributed by atoms with Gasteiger partial charge in [0.15, 0.2) is 5.76 Å². The molecule has 0 bridgehead atoms. The zero-order chi connectivity index (χ0) is 15.5. The quantitative estimate of drug-likeness (QED) is 0.781. The molecule has 0 fully saturated rings. The molecule has 0 spiro atoms. The fraction of sp³-hybridized carbons (Fsp3) is 0.0667. The third-order valence-corrected chi connectivity index (χ3v) is 3.63. The standard InChI is InChI=1S/C15H11Cl2N3O2/c16-11-4-3-10(12(17)8-11)9-20-14(5-6-18-20)19-15(21)13-2-1-7-22-13/h1-8H,9H2,(H,19,21). The van der Waals surface area contributed by atoms with Gasteiger partial charge in [-0.3, -0.25) is 4.79 Å². The summed E-state index contributed by atoms with van der Waals surface area (Å²) >= 11 is 12.0. The van der Waals surface area contributed by atoms with Crippen LogP contribution in [0, 0.1) is 0 Å². The predicted octanol–water partition coefficient (Wildman–Crippen LogP) is 4.08. The molecule has 0 saturated heterocycles. The highest BCUT2D eigenvalue weighted by molar-refractivity contribution is 6.35. The highest BCUT2D eigenvalue weighted by Crippen LogP contribution is 2.22. The minimum absolute atomic E-state index is 0.234. The molecule has 22 heavy (non-hydrogen) atoms. The largest absolute Gasteiger partial charge is 0.459 e. The van der Waals surface area contributed by atoms with Gasteiger partial charge < -0.3 is 9.73 Å². The van der Waals surface area contributed by atoms with Crippen LogP contribution in [-0.4, -0.2) is 15.7 Å². The van der Waals surface area contributed by atoms with Gasteiger partial charge in [-0.15, -0.1) is 0 Å².